The van der Waals surface area contributed by atoms with Crippen molar-refractivity contribution in [2.24, 2.45) is 5.92 Å². The van der Waals surface area contributed by atoms with Crippen molar-refractivity contribution in [3.63, 3.8) is 0 Å². The van der Waals surface area contributed by atoms with Gasteiger partial charge < -0.3 is 20.1 Å². The standard InChI is InChI=1S/C22H25BrN2O4/c1-28-19-12-14(17(23)13-20(19)29-2)9-10-24-21(26)8-7-16-11-15-5-3-4-6-18(15)25-22(16)27/h3-6,12-13,16H,7-11H2,1-2H3,(H,24,26)(H,25,27). The largest absolute Gasteiger partial charge is 0.493 e. The summed E-state index contributed by atoms with van der Waals surface area (Å²) in [6.07, 6.45) is 2.19. The zero-order chi connectivity index (χ0) is 20.8. The van der Waals surface area contributed by atoms with Crippen molar-refractivity contribution in [3.8, 4) is 11.5 Å². The lowest BCUT2D eigenvalue weighted by atomic mass is 9.89. The maximum absolute atomic E-state index is 12.2. The Bertz CT molecular complexity index is 900. The van der Waals surface area contributed by atoms with Crippen LogP contribution in [0.5, 0.6) is 11.5 Å². The highest BCUT2D eigenvalue weighted by Gasteiger charge is 2.26. The van der Waals surface area contributed by atoms with E-state index in [1.165, 1.54) is 0 Å². The molecule has 2 aromatic rings. The van der Waals surface area contributed by atoms with E-state index in [0.717, 1.165) is 21.3 Å². The van der Waals surface area contributed by atoms with Gasteiger partial charge in [0.05, 0.1) is 14.2 Å². The number of anilines is 1. The van der Waals surface area contributed by atoms with E-state index in [4.69, 9.17) is 9.47 Å². The first-order valence-electron chi connectivity index (χ1n) is 9.57. The number of benzene rings is 2. The third-order valence-electron chi connectivity index (χ3n) is 5.10. The van der Waals surface area contributed by atoms with Crippen LogP contribution in [0.3, 0.4) is 0 Å². The summed E-state index contributed by atoms with van der Waals surface area (Å²) in [6, 6.07) is 11.6. The van der Waals surface area contributed by atoms with E-state index in [1.807, 2.05) is 36.4 Å². The highest BCUT2D eigenvalue weighted by molar-refractivity contribution is 9.10. The van der Waals surface area contributed by atoms with E-state index in [2.05, 4.69) is 26.6 Å². The SMILES string of the molecule is COc1cc(Br)c(CCNC(=O)CCC2Cc3ccccc3NC2=O)cc1OC. The van der Waals surface area contributed by atoms with Crippen LogP contribution >= 0.6 is 15.9 Å². The van der Waals surface area contributed by atoms with Crippen molar-refractivity contribution in [3.05, 3.63) is 52.0 Å². The van der Waals surface area contributed by atoms with E-state index in [9.17, 15) is 9.59 Å². The average Bonchev–Trinajstić information content (AvgIpc) is 2.73. The number of nitrogens with one attached hydrogen (secondary N) is 2. The Kier molecular flexibility index (Phi) is 7.14. The van der Waals surface area contributed by atoms with E-state index in [1.54, 1.807) is 14.2 Å². The Hall–Kier alpha value is -2.54. The van der Waals surface area contributed by atoms with Gasteiger partial charge in [-0.25, -0.2) is 0 Å². The van der Waals surface area contributed by atoms with Gasteiger partial charge >= 0.3 is 0 Å². The number of methoxy groups -OCH3 is 2. The predicted molar refractivity (Wildman–Crippen MR) is 115 cm³/mol. The number of carbonyl (C=O) groups excluding carboxylic acids is 2. The van der Waals surface area contributed by atoms with Crippen molar-refractivity contribution >= 4 is 33.4 Å². The predicted octanol–water partition coefficient (Wildman–Crippen LogP) is 3.72. The monoisotopic (exact) mass is 460 g/mol. The molecule has 0 spiro atoms. The summed E-state index contributed by atoms with van der Waals surface area (Å²) < 4.78 is 11.5. The summed E-state index contributed by atoms with van der Waals surface area (Å²) in [7, 11) is 3.19. The molecule has 1 aliphatic heterocycles. The normalized spacial score (nSPS) is 15.3. The summed E-state index contributed by atoms with van der Waals surface area (Å²) in [5.41, 5.74) is 3.01. The molecule has 2 aromatic carbocycles. The van der Waals surface area contributed by atoms with Crippen LogP contribution in [0.25, 0.3) is 0 Å². The molecule has 2 N–H and O–H groups in total. The van der Waals surface area contributed by atoms with Crippen molar-refractivity contribution in [1.29, 1.82) is 0 Å². The number of fused-ring (bicyclic) bond motifs is 1. The molecule has 6 nitrogen and oxygen atoms in total. The van der Waals surface area contributed by atoms with Gasteiger partial charge in [0.25, 0.3) is 0 Å². The molecule has 1 atom stereocenters. The topological polar surface area (TPSA) is 76.7 Å². The van der Waals surface area contributed by atoms with E-state index in [-0.39, 0.29) is 17.7 Å². The Morgan fingerprint density at radius 1 is 1.21 bits per heavy atom. The number of hydrogen-bond acceptors (Lipinski definition) is 4. The van der Waals surface area contributed by atoms with Crippen LogP contribution in [0.4, 0.5) is 5.69 Å². The molecule has 0 aromatic heterocycles. The van der Waals surface area contributed by atoms with Gasteiger partial charge in [0.15, 0.2) is 11.5 Å². The fraction of sp³-hybridized carbons (Fsp3) is 0.364. The number of carbonyl (C=O) groups is 2. The van der Waals surface area contributed by atoms with Crippen LogP contribution in [0, 0.1) is 5.92 Å². The zero-order valence-electron chi connectivity index (χ0n) is 16.6. The minimum Gasteiger partial charge on any atom is -0.493 e. The molecule has 1 aliphatic rings. The average molecular weight is 461 g/mol. The lowest BCUT2D eigenvalue weighted by Gasteiger charge is -2.24. The molecule has 0 radical (unpaired) electrons. The van der Waals surface area contributed by atoms with Gasteiger partial charge in [0, 0.05) is 29.0 Å². The maximum Gasteiger partial charge on any atom is 0.227 e. The van der Waals surface area contributed by atoms with Gasteiger partial charge in [0.2, 0.25) is 11.8 Å². The van der Waals surface area contributed by atoms with Gasteiger partial charge in [0.1, 0.15) is 0 Å². The highest BCUT2D eigenvalue weighted by atomic mass is 79.9. The number of ether oxygens (including phenoxy) is 2. The fourth-order valence-corrected chi connectivity index (χ4v) is 3.99. The van der Waals surface area contributed by atoms with Crippen LogP contribution in [-0.4, -0.2) is 32.6 Å². The highest BCUT2D eigenvalue weighted by Crippen LogP contribution is 2.33. The lowest BCUT2D eigenvalue weighted by Crippen LogP contribution is -2.32. The Balaban J connectivity index is 1.47. The van der Waals surface area contributed by atoms with Crippen molar-refractivity contribution in [2.45, 2.75) is 25.7 Å². The molecular formula is C22H25BrN2O4. The molecule has 0 saturated heterocycles. The summed E-state index contributed by atoms with van der Waals surface area (Å²) in [6.45, 7) is 0.507. The molecular weight excluding hydrogens is 436 g/mol. The molecule has 2 amide bonds. The summed E-state index contributed by atoms with van der Waals surface area (Å²) in [5, 5.41) is 5.86. The van der Waals surface area contributed by atoms with Gasteiger partial charge in [-0.1, -0.05) is 34.1 Å². The first-order chi connectivity index (χ1) is 14.0. The number of amides is 2. The molecule has 1 heterocycles. The van der Waals surface area contributed by atoms with Crippen LogP contribution < -0.4 is 20.1 Å². The minimum atomic E-state index is -0.171. The molecule has 0 bridgehead atoms. The van der Waals surface area contributed by atoms with Gasteiger partial charge in [-0.2, -0.15) is 0 Å². The molecule has 0 aliphatic carbocycles. The second-order valence-electron chi connectivity index (χ2n) is 6.98. The maximum atomic E-state index is 12.2. The van der Waals surface area contributed by atoms with Crippen LogP contribution in [0.2, 0.25) is 0 Å². The van der Waals surface area contributed by atoms with Gasteiger partial charge in [-0.3, -0.25) is 9.59 Å². The Morgan fingerprint density at radius 2 is 1.93 bits per heavy atom. The van der Waals surface area contributed by atoms with E-state index >= 15 is 0 Å². The first-order valence-corrected chi connectivity index (χ1v) is 10.4. The molecule has 0 fully saturated rings. The quantitative estimate of drug-likeness (QED) is 0.629. The lowest BCUT2D eigenvalue weighted by molar-refractivity contribution is -0.122. The van der Waals surface area contributed by atoms with E-state index in [0.29, 0.717) is 43.7 Å². The number of rotatable bonds is 8. The number of halogens is 1. The van der Waals surface area contributed by atoms with Crippen LogP contribution in [0.15, 0.2) is 40.9 Å². The minimum absolute atomic E-state index is 0.00856. The van der Waals surface area contributed by atoms with Crippen molar-refractivity contribution in [2.75, 3.05) is 26.1 Å². The second kappa shape index (κ2) is 9.78. The van der Waals surface area contributed by atoms with Crippen LogP contribution in [0.1, 0.15) is 24.0 Å². The number of para-hydroxylation sites is 1. The Labute approximate surface area is 179 Å². The molecule has 7 heteroatoms. The first kappa shape index (κ1) is 21.2. The zero-order valence-corrected chi connectivity index (χ0v) is 18.2. The summed E-state index contributed by atoms with van der Waals surface area (Å²) in [5.74, 6) is 1.08. The second-order valence-corrected chi connectivity index (χ2v) is 7.84. The molecule has 29 heavy (non-hydrogen) atoms. The molecule has 0 saturated carbocycles. The molecule has 1 unspecified atom stereocenters. The third kappa shape index (κ3) is 5.29. The Morgan fingerprint density at radius 3 is 2.69 bits per heavy atom. The number of hydrogen-bond donors (Lipinski definition) is 2. The van der Waals surface area contributed by atoms with Crippen molar-refractivity contribution in [1.82, 2.24) is 5.32 Å². The van der Waals surface area contributed by atoms with Gasteiger partial charge in [-0.05, 0) is 48.6 Å². The molecule has 154 valence electrons. The van der Waals surface area contributed by atoms with Crippen LogP contribution in [-0.2, 0) is 22.4 Å². The smallest absolute Gasteiger partial charge is 0.227 e. The fourth-order valence-electron chi connectivity index (χ4n) is 3.46. The summed E-state index contributed by atoms with van der Waals surface area (Å²) in [4.78, 5) is 24.5. The van der Waals surface area contributed by atoms with Gasteiger partial charge in [-0.15, -0.1) is 0 Å². The third-order valence-corrected chi connectivity index (χ3v) is 5.84. The summed E-state index contributed by atoms with van der Waals surface area (Å²) >= 11 is 3.53. The molecule has 3 rings (SSSR count). The van der Waals surface area contributed by atoms with Crippen molar-refractivity contribution < 1.29 is 19.1 Å². The van der Waals surface area contributed by atoms with E-state index < -0.39 is 0 Å².